The van der Waals surface area contributed by atoms with Gasteiger partial charge >= 0.3 is 0 Å². The Hall–Kier alpha value is -1.68. The monoisotopic (exact) mass is 465 g/mol. The predicted octanol–water partition coefficient (Wildman–Crippen LogP) is 3.53. The number of aliphatic hydroxyl groups excluding tert-OH is 1. The van der Waals surface area contributed by atoms with Crippen molar-refractivity contribution in [3.05, 3.63) is 59.6 Å². The van der Waals surface area contributed by atoms with Gasteiger partial charge in [-0.05, 0) is 43.7 Å². The SMILES string of the molecule is CCNC(=NCC(O)c1ccco1)NC(C)c1ccc(F)c(F)c1.I. The number of furan rings is 1. The van der Waals surface area contributed by atoms with E-state index >= 15 is 0 Å². The number of nitrogens with one attached hydrogen (secondary N) is 2. The number of halogens is 3. The summed E-state index contributed by atoms with van der Waals surface area (Å²) in [6, 6.07) is 6.82. The molecule has 1 heterocycles. The molecule has 0 saturated carbocycles. The smallest absolute Gasteiger partial charge is 0.191 e. The van der Waals surface area contributed by atoms with E-state index < -0.39 is 17.7 Å². The van der Waals surface area contributed by atoms with Crippen LogP contribution in [0.5, 0.6) is 0 Å². The number of guanidine groups is 1. The molecule has 138 valence electrons. The molecule has 5 nitrogen and oxygen atoms in total. The molecular weight excluding hydrogens is 443 g/mol. The minimum Gasteiger partial charge on any atom is -0.467 e. The molecule has 0 fully saturated rings. The van der Waals surface area contributed by atoms with Gasteiger partial charge in [-0.2, -0.15) is 0 Å². The highest BCUT2D eigenvalue weighted by atomic mass is 127. The molecule has 0 bridgehead atoms. The Kier molecular flexibility index (Phi) is 8.84. The first kappa shape index (κ1) is 21.4. The third-order valence-corrected chi connectivity index (χ3v) is 3.44. The molecule has 2 aromatic rings. The predicted molar refractivity (Wildman–Crippen MR) is 103 cm³/mol. The van der Waals surface area contributed by atoms with Gasteiger partial charge in [0.1, 0.15) is 11.9 Å². The Morgan fingerprint density at radius 2 is 2.04 bits per heavy atom. The van der Waals surface area contributed by atoms with Crippen LogP contribution < -0.4 is 10.6 Å². The van der Waals surface area contributed by atoms with Crippen molar-refractivity contribution in [1.29, 1.82) is 0 Å². The minimum atomic E-state index is -0.892. The second-order valence-electron chi connectivity index (χ2n) is 5.29. The zero-order valence-electron chi connectivity index (χ0n) is 14.0. The van der Waals surface area contributed by atoms with Gasteiger partial charge in [-0.25, -0.2) is 8.78 Å². The van der Waals surface area contributed by atoms with Crippen LogP contribution in [0.15, 0.2) is 46.0 Å². The summed E-state index contributed by atoms with van der Waals surface area (Å²) in [6.07, 6.45) is 0.630. The third kappa shape index (κ3) is 6.28. The van der Waals surface area contributed by atoms with Gasteiger partial charge in [-0.1, -0.05) is 6.07 Å². The fraction of sp³-hybridized carbons (Fsp3) is 0.353. The van der Waals surface area contributed by atoms with Crippen molar-refractivity contribution in [3.63, 3.8) is 0 Å². The first-order valence-corrected chi connectivity index (χ1v) is 7.72. The third-order valence-electron chi connectivity index (χ3n) is 3.44. The highest BCUT2D eigenvalue weighted by Crippen LogP contribution is 2.16. The number of aliphatic hydroxyl groups is 1. The number of aliphatic imine (C=N–C) groups is 1. The van der Waals surface area contributed by atoms with E-state index in [0.717, 1.165) is 12.1 Å². The largest absolute Gasteiger partial charge is 0.467 e. The number of hydrogen-bond acceptors (Lipinski definition) is 3. The van der Waals surface area contributed by atoms with E-state index in [1.807, 2.05) is 13.8 Å². The van der Waals surface area contributed by atoms with Gasteiger partial charge in [0.25, 0.3) is 0 Å². The Bertz CT molecular complexity index is 681. The van der Waals surface area contributed by atoms with Crippen LogP contribution in [0.3, 0.4) is 0 Å². The maximum Gasteiger partial charge on any atom is 0.191 e. The minimum absolute atomic E-state index is 0. The van der Waals surface area contributed by atoms with Crippen molar-refractivity contribution in [3.8, 4) is 0 Å². The summed E-state index contributed by atoms with van der Waals surface area (Å²) in [7, 11) is 0. The van der Waals surface area contributed by atoms with Crippen LogP contribution in [0.4, 0.5) is 8.78 Å². The van der Waals surface area contributed by atoms with E-state index in [2.05, 4.69) is 15.6 Å². The molecule has 2 unspecified atom stereocenters. The number of benzene rings is 1. The molecule has 1 aromatic carbocycles. The molecule has 0 aliphatic heterocycles. The normalized spacial score (nSPS) is 13.7. The lowest BCUT2D eigenvalue weighted by Crippen LogP contribution is -2.39. The van der Waals surface area contributed by atoms with E-state index in [0.29, 0.717) is 23.8 Å². The van der Waals surface area contributed by atoms with Gasteiger partial charge < -0.3 is 20.2 Å². The van der Waals surface area contributed by atoms with E-state index in [9.17, 15) is 13.9 Å². The Labute approximate surface area is 162 Å². The molecule has 3 N–H and O–H groups in total. The molecule has 2 rings (SSSR count). The first-order chi connectivity index (χ1) is 11.5. The molecule has 0 aliphatic rings. The van der Waals surface area contributed by atoms with Gasteiger partial charge in [-0.15, -0.1) is 24.0 Å². The lowest BCUT2D eigenvalue weighted by atomic mass is 10.1. The van der Waals surface area contributed by atoms with Gasteiger partial charge in [0.05, 0.1) is 18.8 Å². The maximum atomic E-state index is 13.3. The number of hydrogen-bond donors (Lipinski definition) is 3. The van der Waals surface area contributed by atoms with Crippen molar-refractivity contribution < 1.29 is 18.3 Å². The average Bonchev–Trinajstić information content (AvgIpc) is 3.09. The summed E-state index contributed by atoms with van der Waals surface area (Å²) in [5.41, 5.74) is 0.589. The van der Waals surface area contributed by atoms with Crippen LogP contribution in [-0.2, 0) is 0 Å². The standard InChI is InChI=1S/C17H21F2N3O2.HI/c1-3-20-17(21-10-15(23)16-5-4-8-24-16)22-11(2)12-6-7-13(18)14(19)9-12;/h4-9,11,15,23H,3,10H2,1-2H3,(H2,20,21,22);1H. The molecule has 2 atom stereocenters. The zero-order valence-corrected chi connectivity index (χ0v) is 16.3. The summed E-state index contributed by atoms with van der Waals surface area (Å²) in [5, 5.41) is 16.1. The van der Waals surface area contributed by atoms with Crippen molar-refractivity contribution >= 4 is 29.9 Å². The van der Waals surface area contributed by atoms with E-state index in [1.54, 1.807) is 12.1 Å². The van der Waals surface area contributed by atoms with Crippen molar-refractivity contribution in [2.45, 2.75) is 26.0 Å². The zero-order chi connectivity index (χ0) is 17.5. The van der Waals surface area contributed by atoms with Crippen LogP contribution >= 0.6 is 24.0 Å². The molecule has 0 saturated heterocycles. The second-order valence-corrected chi connectivity index (χ2v) is 5.29. The summed E-state index contributed by atoms with van der Waals surface area (Å²) < 4.78 is 31.5. The Balaban J connectivity index is 0.00000312. The van der Waals surface area contributed by atoms with Crippen molar-refractivity contribution in [1.82, 2.24) is 10.6 Å². The molecular formula is C17H22F2IN3O2. The molecule has 0 aliphatic carbocycles. The molecule has 25 heavy (non-hydrogen) atoms. The van der Waals surface area contributed by atoms with Crippen LogP contribution in [-0.4, -0.2) is 24.2 Å². The molecule has 1 aromatic heterocycles. The van der Waals surface area contributed by atoms with E-state index in [4.69, 9.17) is 4.42 Å². The van der Waals surface area contributed by atoms with Gasteiger partial charge in [-0.3, -0.25) is 4.99 Å². The molecule has 0 radical (unpaired) electrons. The maximum absolute atomic E-state index is 13.3. The van der Waals surface area contributed by atoms with Gasteiger partial charge in [0.15, 0.2) is 17.6 Å². The number of nitrogens with zero attached hydrogens (tertiary/aromatic N) is 1. The van der Waals surface area contributed by atoms with Gasteiger partial charge in [0, 0.05) is 6.54 Å². The quantitative estimate of drug-likeness (QED) is 0.347. The Morgan fingerprint density at radius 3 is 2.64 bits per heavy atom. The highest BCUT2D eigenvalue weighted by molar-refractivity contribution is 14.0. The second kappa shape index (κ2) is 10.3. The topological polar surface area (TPSA) is 69.8 Å². The van der Waals surface area contributed by atoms with Crippen LogP contribution in [0.25, 0.3) is 0 Å². The summed E-state index contributed by atoms with van der Waals surface area (Å²) in [4.78, 5) is 4.29. The molecule has 0 amide bonds. The molecule has 8 heteroatoms. The van der Waals surface area contributed by atoms with Gasteiger partial charge in [0.2, 0.25) is 0 Å². The van der Waals surface area contributed by atoms with E-state index in [1.165, 1.54) is 12.3 Å². The van der Waals surface area contributed by atoms with Crippen LogP contribution in [0, 0.1) is 11.6 Å². The fourth-order valence-electron chi connectivity index (χ4n) is 2.14. The summed E-state index contributed by atoms with van der Waals surface area (Å²) >= 11 is 0. The summed E-state index contributed by atoms with van der Waals surface area (Å²) in [6.45, 7) is 4.44. The lowest BCUT2D eigenvalue weighted by molar-refractivity contribution is 0.158. The van der Waals surface area contributed by atoms with E-state index in [-0.39, 0.29) is 36.6 Å². The first-order valence-electron chi connectivity index (χ1n) is 7.72. The van der Waals surface area contributed by atoms with Crippen LogP contribution in [0.1, 0.15) is 37.3 Å². The average molecular weight is 465 g/mol. The molecule has 0 spiro atoms. The highest BCUT2D eigenvalue weighted by Gasteiger charge is 2.13. The number of rotatable bonds is 6. The van der Waals surface area contributed by atoms with Crippen molar-refractivity contribution in [2.24, 2.45) is 4.99 Å². The summed E-state index contributed by atoms with van der Waals surface area (Å²) in [5.74, 6) is -0.881. The fourth-order valence-corrected chi connectivity index (χ4v) is 2.14. The Morgan fingerprint density at radius 1 is 1.28 bits per heavy atom. The lowest BCUT2D eigenvalue weighted by Gasteiger charge is -2.18. The van der Waals surface area contributed by atoms with Crippen LogP contribution in [0.2, 0.25) is 0 Å². The van der Waals surface area contributed by atoms with Crippen molar-refractivity contribution in [2.75, 3.05) is 13.1 Å².